The molecule has 1 N–H and O–H groups in total. The van der Waals surface area contributed by atoms with Crippen molar-refractivity contribution in [3.63, 3.8) is 0 Å². The third kappa shape index (κ3) is 3.68. The van der Waals surface area contributed by atoms with Gasteiger partial charge in [0.25, 0.3) is 5.56 Å². The largest absolute Gasteiger partial charge is 0.356 e. The lowest BCUT2D eigenvalue weighted by atomic mass is 9.91. The van der Waals surface area contributed by atoms with Crippen LogP contribution in [0, 0.1) is 25.5 Å². The number of nitrogens with one attached hydrogen (secondary N) is 1. The second-order valence-electron chi connectivity index (χ2n) is 10.2. The summed E-state index contributed by atoms with van der Waals surface area (Å²) in [6, 6.07) is 4.73. The van der Waals surface area contributed by atoms with Crippen LogP contribution in [0.4, 0.5) is 8.78 Å². The highest BCUT2D eigenvalue weighted by Crippen LogP contribution is 2.43. The predicted molar refractivity (Wildman–Crippen MR) is 132 cm³/mol. The average Bonchev–Trinajstić information content (AvgIpc) is 3.62. The molecule has 2 saturated carbocycles. The Labute approximate surface area is 206 Å². The average molecular weight is 492 g/mol. The number of pyridine rings is 2. The summed E-state index contributed by atoms with van der Waals surface area (Å²) in [5, 5.41) is 7.75. The molecule has 0 spiro atoms. The standard InChI is InChI=1S/C27H27F2N5O2/c1-14-9-16(10-15(2)31-14)23-22(28)11-20-25-21(12-33(18-7-8-18)26(20)24(23)29)27(36)34(32-25)19-5-3-17(4-6-19)30-13-35/h9-13,17-19H,3-8H2,1-2H3,(H,30,35)/t17-,19+. The maximum absolute atomic E-state index is 16.2. The molecule has 7 nitrogen and oxygen atoms in total. The smallest absolute Gasteiger partial charge is 0.278 e. The van der Waals surface area contributed by atoms with E-state index in [2.05, 4.69) is 15.4 Å². The first-order chi connectivity index (χ1) is 17.4. The van der Waals surface area contributed by atoms with Gasteiger partial charge in [-0.15, -0.1) is 0 Å². The molecule has 2 fully saturated rings. The minimum absolute atomic E-state index is 0.0678. The number of benzene rings is 1. The normalized spacial score (nSPS) is 20.2. The highest BCUT2D eigenvalue weighted by Gasteiger charge is 2.33. The number of aromatic nitrogens is 4. The SMILES string of the molecule is Cc1cc(-c2c(F)cc3c4nn([C@H]5CC[C@@H](NC=O)CC5)c(=O)c-4cn(C4CC4)c3c2F)cc(C)n1. The topological polar surface area (TPSA) is 81.8 Å². The molecule has 2 aliphatic heterocycles. The molecule has 186 valence electrons. The molecule has 1 aromatic carbocycles. The van der Waals surface area contributed by atoms with Gasteiger partial charge in [0.2, 0.25) is 6.41 Å². The van der Waals surface area contributed by atoms with E-state index < -0.39 is 11.6 Å². The number of rotatable bonds is 5. The highest BCUT2D eigenvalue weighted by atomic mass is 19.1. The monoisotopic (exact) mass is 491 g/mol. The van der Waals surface area contributed by atoms with Crippen molar-refractivity contribution in [3.8, 4) is 22.4 Å². The van der Waals surface area contributed by atoms with Crippen molar-refractivity contribution in [3.05, 3.63) is 57.8 Å². The van der Waals surface area contributed by atoms with Crippen molar-refractivity contribution in [2.24, 2.45) is 0 Å². The Morgan fingerprint density at radius 3 is 2.31 bits per heavy atom. The van der Waals surface area contributed by atoms with Crippen molar-refractivity contribution < 1.29 is 13.6 Å². The van der Waals surface area contributed by atoms with Crippen LogP contribution in [-0.2, 0) is 4.79 Å². The van der Waals surface area contributed by atoms with Crippen molar-refractivity contribution in [2.75, 3.05) is 0 Å². The molecule has 6 rings (SSSR count). The van der Waals surface area contributed by atoms with Gasteiger partial charge in [0.15, 0.2) is 5.82 Å². The molecule has 1 aromatic heterocycles. The summed E-state index contributed by atoms with van der Waals surface area (Å²) in [6.07, 6.45) is 7.06. The van der Waals surface area contributed by atoms with Crippen molar-refractivity contribution >= 4 is 17.3 Å². The van der Waals surface area contributed by atoms with Gasteiger partial charge in [-0.05, 0) is 76.1 Å². The zero-order valence-electron chi connectivity index (χ0n) is 20.2. The van der Waals surface area contributed by atoms with Crippen molar-refractivity contribution in [1.82, 2.24) is 24.6 Å². The fraction of sp³-hybridized carbons (Fsp3) is 0.407. The van der Waals surface area contributed by atoms with E-state index in [1.165, 1.54) is 10.7 Å². The van der Waals surface area contributed by atoms with E-state index in [0.29, 0.717) is 52.8 Å². The van der Waals surface area contributed by atoms with Gasteiger partial charge in [0.1, 0.15) is 11.5 Å². The highest BCUT2D eigenvalue weighted by molar-refractivity contribution is 5.97. The van der Waals surface area contributed by atoms with Gasteiger partial charge in [0.05, 0.1) is 22.7 Å². The molecule has 0 unspecified atom stereocenters. The first-order valence-electron chi connectivity index (χ1n) is 12.5. The van der Waals surface area contributed by atoms with E-state index in [9.17, 15) is 9.59 Å². The number of carbonyl (C=O) groups excluding carboxylic acids is 1. The van der Waals surface area contributed by atoms with Crippen LogP contribution in [0.2, 0.25) is 0 Å². The van der Waals surface area contributed by atoms with Gasteiger partial charge in [-0.3, -0.25) is 14.6 Å². The Hall–Kier alpha value is -3.62. The second kappa shape index (κ2) is 8.50. The summed E-state index contributed by atoms with van der Waals surface area (Å²) in [7, 11) is 0. The number of fused-ring (bicyclic) bond motifs is 3. The Kier molecular flexibility index (Phi) is 5.39. The predicted octanol–water partition coefficient (Wildman–Crippen LogP) is 4.82. The quantitative estimate of drug-likeness (QED) is 0.406. The Bertz CT molecular complexity index is 1510. The van der Waals surface area contributed by atoms with Crippen molar-refractivity contribution in [1.29, 1.82) is 0 Å². The summed E-state index contributed by atoms with van der Waals surface area (Å²) >= 11 is 0. The molecular weight excluding hydrogens is 464 g/mol. The molecule has 1 amide bonds. The molecule has 3 heterocycles. The first-order valence-corrected chi connectivity index (χ1v) is 12.5. The Morgan fingerprint density at radius 1 is 1.00 bits per heavy atom. The van der Waals surface area contributed by atoms with Gasteiger partial charge in [0, 0.05) is 35.1 Å². The lowest BCUT2D eigenvalue weighted by molar-refractivity contribution is -0.110. The maximum Gasteiger partial charge on any atom is 0.278 e. The second-order valence-corrected chi connectivity index (χ2v) is 10.2. The summed E-state index contributed by atoms with van der Waals surface area (Å²) < 4.78 is 35.1. The molecule has 0 atom stereocenters. The first kappa shape index (κ1) is 22.8. The molecule has 0 radical (unpaired) electrons. The molecule has 2 aliphatic carbocycles. The van der Waals surface area contributed by atoms with Crippen LogP contribution < -0.4 is 10.9 Å². The minimum Gasteiger partial charge on any atom is -0.356 e. The molecule has 4 aliphatic rings. The van der Waals surface area contributed by atoms with Crippen LogP contribution in [0.1, 0.15) is 62.0 Å². The lowest BCUT2D eigenvalue weighted by Crippen LogP contribution is -2.34. The van der Waals surface area contributed by atoms with E-state index in [1.807, 2.05) is 0 Å². The minimum atomic E-state index is -0.692. The summed E-state index contributed by atoms with van der Waals surface area (Å²) in [5.41, 5.74) is 2.46. The number of nitrogens with zero attached hydrogens (tertiary/aromatic N) is 4. The number of amides is 1. The van der Waals surface area contributed by atoms with Crippen molar-refractivity contribution in [2.45, 2.75) is 70.5 Å². The number of carbonyl (C=O) groups is 1. The molecule has 0 bridgehead atoms. The van der Waals surface area contributed by atoms with E-state index in [4.69, 9.17) is 0 Å². The fourth-order valence-corrected chi connectivity index (χ4v) is 5.71. The summed E-state index contributed by atoms with van der Waals surface area (Å²) in [5.74, 6) is -1.34. The third-order valence-electron chi connectivity index (χ3n) is 7.53. The molecule has 0 saturated heterocycles. The summed E-state index contributed by atoms with van der Waals surface area (Å²) in [4.78, 5) is 28.5. The summed E-state index contributed by atoms with van der Waals surface area (Å²) in [6.45, 7) is 3.60. The van der Waals surface area contributed by atoms with Crippen LogP contribution in [0.3, 0.4) is 0 Å². The van der Waals surface area contributed by atoms with Crippen LogP contribution in [0.5, 0.6) is 0 Å². The van der Waals surface area contributed by atoms with E-state index in [0.717, 1.165) is 25.7 Å². The Balaban J connectivity index is 1.55. The van der Waals surface area contributed by atoms with Crippen LogP contribution in [0.15, 0.2) is 29.2 Å². The van der Waals surface area contributed by atoms with Gasteiger partial charge >= 0.3 is 0 Å². The van der Waals surface area contributed by atoms with Gasteiger partial charge in [-0.2, -0.15) is 5.10 Å². The maximum atomic E-state index is 16.2. The van der Waals surface area contributed by atoms with Crippen LogP contribution in [-0.4, -0.2) is 31.8 Å². The van der Waals surface area contributed by atoms with E-state index in [1.54, 1.807) is 36.7 Å². The molecule has 36 heavy (non-hydrogen) atoms. The number of aryl methyl sites for hydroxylation is 2. The number of hydrogen-bond acceptors (Lipinski definition) is 4. The van der Waals surface area contributed by atoms with Gasteiger partial charge in [-0.25, -0.2) is 13.5 Å². The zero-order chi connectivity index (χ0) is 25.1. The molecule has 2 aromatic rings. The lowest BCUT2D eigenvalue weighted by Gasteiger charge is -2.27. The van der Waals surface area contributed by atoms with Crippen LogP contribution >= 0.6 is 0 Å². The van der Waals surface area contributed by atoms with Gasteiger partial charge in [-0.1, -0.05) is 0 Å². The zero-order valence-corrected chi connectivity index (χ0v) is 20.2. The van der Waals surface area contributed by atoms with Crippen LogP contribution in [0.25, 0.3) is 33.3 Å². The van der Waals surface area contributed by atoms with Gasteiger partial charge < -0.3 is 9.88 Å². The number of halogens is 2. The fourth-order valence-electron chi connectivity index (χ4n) is 5.71. The third-order valence-corrected chi connectivity index (χ3v) is 7.53. The Morgan fingerprint density at radius 2 is 1.67 bits per heavy atom. The van der Waals surface area contributed by atoms with E-state index >= 15 is 8.78 Å². The molecular formula is C27H27F2N5O2. The van der Waals surface area contributed by atoms with E-state index in [-0.39, 0.29) is 34.8 Å². The molecule has 9 heteroatoms. The number of hydrogen-bond donors (Lipinski definition) is 1.